The van der Waals surface area contributed by atoms with Crippen LogP contribution in [-0.2, 0) is 23.9 Å². The van der Waals surface area contributed by atoms with Crippen molar-refractivity contribution in [2.45, 2.75) is 116 Å². The molecule has 4 N–H and O–H groups in total. The first kappa shape index (κ1) is 31.2. The van der Waals surface area contributed by atoms with Crippen molar-refractivity contribution in [3.8, 4) is 0 Å². The van der Waals surface area contributed by atoms with Gasteiger partial charge in [-0.05, 0) is 69.1 Å². The summed E-state index contributed by atoms with van der Waals surface area (Å²) >= 11 is 0. The van der Waals surface area contributed by atoms with Crippen LogP contribution in [-0.4, -0.2) is 70.7 Å². The van der Waals surface area contributed by atoms with E-state index < -0.39 is 78.0 Å². The molecule has 3 unspecified atom stereocenters. The molecule has 4 aliphatic rings. The normalized spacial score (nSPS) is 28.5. The summed E-state index contributed by atoms with van der Waals surface area (Å²) in [5, 5.41) is 5.35. The Hall–Kier alpha value is -2.79. The van der Waals surface area contributed by atoms with Crippen molar-refractivity contribution < 1.29 is 37.5 Å². The highest BCUT2D eigenvalue weighted by molar-refractivity contribution is 6.37. The van der Waals surface area contributed by atoms with Gasteiger partial charge in [-0.1, -0.05) is 33.1 Å². The number of primary amides is 1. The molecule has 10 nitrogen and oxygen atoms in total. The maximum atomic E-state index is 14.1. The van der Waals surface area contributed by atoms with E-state index in [-0.39, 0.29) is 42.6 Å². The maximum absolute atomic E-state index is 14.1. The Bertz CT molecular complexity index is 1080. The number of hydrogen-bond donors (Lipinski definition) is 3. The van der Waals surface area contributed by atoms with Crippen LogP contribution in [0.3, 0.4) is 0 Å². The van der Waals surface area contributed by atoms with Gasteiger partial charge in [-0.2, -0.15) is 0 Å². The number of likely N-dealkylation sites (tertiary alicyclic amines) is 1. The minimum atomic E-state index is -2.83. The number of halogens is 2. The molecule has 1 heterocycles. The molecule has 0 radical (unpaired) electrons. The smallest absolute Gasteiger partial charge is 0.408 e. The molecular weight excluding hydrogens is 538 g/mol. The number of Topliss-reactive ketones (excluding diaryl/α,β-unsaturated/α-hetero) is 1. The van der Waals surface area contributed by atoms with Gasteiger partial charge in [0, 0.05) is 19.4 Å². The summed E-state index contributed by atoms with van der Waals surface area (Å²) in [5.74, 6) is -6.48. The van der Waals surface area contributed by atoms with Gasteiger partial charge in [0.2, 0.25) is 23.5 Å². The second-order valence-electron chi connectivity index (χ2n) is 14.0. The zero-order chi connectivity index (χ0) is 30.5. The van der Waals surface area contributed by atoms with Gasteiger partial charge in [-0.25, -0.2) is 13.6 Å². The summed E-state index contributed by atoms with van der Waals surface area (Å²) in [4.78, 5) is 66.4. The number of nitrogens with two attached hydrogens (primary N) is 1. The van der Waals surface area contributed by atoms with E-state index in [1.54, 1.807) is 20.8 Å². The molecule has 4 amide bonds. The first-order chi connectivity index (χ1) is 18.9. The van der Waals surface area contributed by atoms with Gasteiger partial charge in [0.05, 0.1) is 6.04 Å². The first-order valence-corrected chi connectivity index (χ1v) is 14.7. The third kappa shape index (κ3) is 6.83. The number of amides is 4. The van der Waals surface area contributed by atoms with Crippen molar-refractivity contribution in [2.75, 3.05) is 6.54 Å². The summed E-state index contributed by atoms with van der Waals surface area (Å²) in [6.07, 6.45) is 1.49. The van der Waals surface area contributed by atoms with Crippen molar-refractivity contribution in [1.82, 2.24) is 15.5 Å². The molecule has 230 valence electrons. The Morgan fingerprint density at radius 1 is 1.02 bits per heavy atom. The van der Waals surface area contributed by atoms with Crippen LogP contribution in [0.4, 0.5) is 13.6 Å². The second kappa shape index (κ2) is 11.1. The zero-order valence-electron chi connectivity index (χ0n) is 24.6. The number of nitrogens with one attached hydrogen (secondary N) is 2. The fourth-order valence-corrected chi connectivity index (χ4v) is 6.93. The number of carbonyl (C=O) groups is 5. The molecular formula is C29H44F2N4O6. The lowest BCUT2D eigenvalue weighted by molar-refractivity contribution is -0.145. The van der Waals surface area contributed by atoms with E-state index in [0.29, 0.717) is 6.42 Å². The molecule has 0 spiro atoms. The molecule has 1 saturated heterocycles. The van der Waals surface area contributed by atoms with Gasteiger partial charge < -0.3 is 26.0 Å². The molecule has 3 saturated carbocycles. The van der Waals surface area contributed by atoms with E-state index in [2.05, 4.69) is 10.6 Å². The number of rotatable bonds is 9. The monoisotopic (exact) mass is 582 g/mol. The van der Waals surface area contributed by atoms with Crippen LogP contribution in [0.1, 0.15) is 86.0 Å². The molecule has 5 atom stereocenters. The molecule has 41 heavy (non-hydrogen) atoms. The number of alkyl halides is 2. The number of piperidine rings is 1. The van der Waals surface area contributed by atoms with E-state index in [4.69, 9.17) is 10.5 Å². The van der Waals surface area contributed by atoms with E-state index in [1.807, 2.05) is 13.8 Å². The summed E-state index contributed by atoms with van der Waals surface area (Å²) in [5.41, 5.74) is 4.19. The van der Waals surface area contributed by atoms with Gasteiger partial charge in [-0.3, -0.25) is 19.2 Å². The third-order valence-corrected chi connectivity index (χ3v) is 9.60. The summed E-state index contributed by atoms with van der Waals surface area (Å²) < 4.78 is 33.3. The fraction of sp³-hybridized carbons (Fsp3) is 0.828. The van der Waals surface area contributed by atoms with Gasteiger partial charge in [0.1, 0.15) is 17.7 Å². The van der Waals surface area contributed by atoms with Crippen LogP contribution in [0.15, 0.2) is 0 Å². The number of alkyl carbamates (subject to hydrolysis) is 1. The highest BCUT2D eigenvalue weighted by Crippen LogP contribution is 2.65. The topological polar surface area (TPSA) is 148 Å². The quantitative estimate of drug-likeness (QED) is 0.356. The van der Waals surface area contributed by atoms with Crippen LogP contribution in [0.25, 0.3) is 0 Å². The lowest BCUT2D eigenvalue weighted by Crippen LogP contribution is -2.60. The molecule has 0 bridgehead atoms. The first-order valence-electron chi connectivity index (χ1n) is 14.7. The lowest BCUT2D eigenvalue weighted by Gasteiger charge is -2.38. The van der Waals surface area contributed by atoms with Crippen molar-refractivity contribution in [1.29, 1.82) is 0 Å². The van der Waals surface area contributed by atoms with E-state index in [9.17, 15) is 32.8 Å². The fourth-order valence-electron chi connectivity index (χ4n) is 6.93. The molecule has 4 fully saturated rings. The highest BCUT2D eigenvalue weighted by Gasteiger charge is 2.70. The van der Waals surface area contributed by atoms with Crippen LogP contribution >= 0.6 is 0 Å². The second-order valence-corrected chi connectivity index (χ2v) is 14.0. The maximum Gasteiger partial charge on any atom is 0.408 e. The van der Waals surface area contributed by atoms with Crippen LogP contribution < -0.4 is 16.4 Å². The third-order valence-electron chi connectivity index (χ3n) is 9.60. The molecule has 4 rings (SSSR count). The van der Waals surface area contributed by atoms with Gasteiger partial charge in [0.15, 0.2) is 0 Å². The Morgan fingerprint density at radius 3 is 2.15 bits per heavy atom. The highest BCUT2D eigenvalue weighted by atomic mass is 19.3. The average Bonchev–Trinajstić information content (AvgIpc) is 3.15. The Kier molecular flexibility index (Phi) is 8.46. The largest absolute Gasteiger partial charge is 0.444 e. The van der Waals surface area contributed by atoms with Crippen LogP contribution in [0.2, 0.25) is 0 Å². The minimum absolute atomic E-state index is 0.0111. The summed E-state index contributed by atoms with van der Waals surface area (Å²) in [7, 11) is 0. The van der Waals surface area contributed by atoms with Crippen molar-refractivity contribution in [2.24, 2.45) is 34.8 Å². The minimum Gasteiger partial charge on any atom is -0.444 e. The average molecular weight is 583 g/mol. The SMILES string of the molecule is CC(C)(C)OC(=O)N[C@H](C(=O)N1CC2C([C@H]1C(=O)NC(CC1CCC1)C(=O)C(N)=O)C2(C)C)C1CCC(F)(F)CC1. The lowest BCUT2D eigenvalue weighted by atomic mass is 9.80. The number of hydrogen-bond acceptors (Lipinski definition) is 6. The molecule has 0 aromatic rings. The number of fused-ring (bicyclic) bond motifs is 1. The number of ketones is 1. The predicted molar refractivity (Wildman–Crippen MR) is 144 cm³/mol. The van der Waals surface area contributed by atoms with Crippen LogP contribution in [0.5, 0.6) is 0 Å². The Balaban J connectivity index is 1.57. The van der Waals surface area contributed by atoms with Gasteiger partial charge in [-0.15, -0.1) is 0 Å². The Morgan fingerprint density at radius 2 is 1.63 bits per heavy atom. The number of ether oxygens (including phenoxy) is 1. The zero-order valence-corrected chi connectivity index (χ0v) is 24.6. The van der Waals surface area contributed by atoms with Crippen LogP contribution in [0, 0.1) is 29.1 Å². The molecule has 0 aromatic heterocycles. The summed E-state index contributed by atoms with van der Waals surface area (Å²) in [6, 6.07) is -3.19. The predicted octanol–water partition coefficient (Wildman–Crippen LogP) is 2.92. The van der Waals surface area contributed by atoms with Gasteiger partial charge >= 0.3 is 6.09 Å². The van der Waals surface area contributed by atoms with E-state index >= 15 is 0 Å². The molecule has 1 aliphatic heterocycles. The van der Waals surface area contributed by atoms with E-state index in [0.717, 1.165) is 19.3 Å². The molecule has 3 aliphatic carbocycles. The number of nitrogens with zero attached hydrogens (tertiary/aromatic N) is 1. The van der Waals surface area contributed by atoms with Crippen molar-refractivity contribution >= 4 is 29.6 Å². The van der Waals surface area contributed by atoms with Gasteiger partial charge in [0.25, 0.3) is 5.91 Å². The number of carbonyl (C=O) groups excluding carboxylic acids is 5. The molecule has 0 aromatic carbocycles. The van der Waals surface area contributed by atoms with E-state index in [1.165, 1.54) is 4.90 Å². The Labute approximate surface area is 239 Å². The standard InChI is InChI=1S/C29H44F2N4O6/c1-27(2,3)41-26(40)34-20(16-9-11-29(30,31)12-10-16)25(39)35-14-17-19(28(17,4)5)21(35)24(38)33-18(22(36)23(32)37)13-15-7-6-8-15/h15-21H,6-14H2,1-5H3,(H2,32,37)(H,33,38)(H,34,40)/t17?,18?,19?,20-,21-/m0/s1. The van der Waals surface area contributed by atoms with Crippen molar-refractivity contribution in [3.63, 3.8) is 0 Å². The summed E-state index contributed by atoms with van der Waals surface area (Å²) in [6.45, 7) is 9.28. The molecule has 12 heteroatoms. The van der Waals surface area contributed by atoms with Crippen molar-refractivity contribution in [3.05, 3.63) is 0 Å².